The predicted octanol–water partition coefficient (Wildman–Crippen LogP) is 2.36. The van der Waals surface area contributed by atoms with Gasteiger partial charge >= 0.3 is 10.2 Å². The smallest absolute Gasteiger partial charge is 0.326 e. The molecular formula is C21H22FN5O4S. The number of imidazole rings is 1. The highest BCUT2D eigenvalue weighted by Crippen LogP contribution is 2.35. The Bertz CT molecular complexity index is 1300. The van der Waals surface area contributed by atoms with Crippen LogP contribution >= 0.6 is 0 Å². The molecule has 0 bridgehead atoms. The van der Waals surface area contributed by atoms with Crippen molar-refractivity contribution in [2.75, 3.05) is 22.8 Å². The summed E-state index contributed by atoms with van der Waals surface area (Å²) >= 11 is 0. The normalized spacial score (nSPS) is 15.1. The molecule has 1 saturated heterocycles. The van der Waals surface area contributed by atoms with Crippen molar-refractivity contribution in [3.63, 3.8) is 0 Å². The van der Waals surface area contributed by atoms with Crippen LogP contribution in [0, 0.1) is 19.7 Å². The second-order valence-corrected chi connectivity index (χ2v) is 9.37. The van der Waals surface area contributed by atoms with Crippen LogP contribution in [0.15, 0.2) is 36.5 Å². The Morgan fingerprint density at radius 2 is 2.00 bits per heavy atom. The van der Waals surface area contributed by atoms with Gasteiger partial charge in [-0.05, 0) is 37.1 Å². The molecule has 0 spiro atoms. The zero-order chi connectivity index (χ0) is 23.2. The van der Waals surface area contributed by atoms with E-state index >= 15 is 0 Å². The third-order valence-corrected chi connectivity index (χ3v) is 6.57. The molecule has 9 nitrogen and oxygen atoms in total. The summed E-state index contributed by atoms with van der Waals surface area (Å²) in [5.41, 5.74) is 3.96. The van der Waals surface area contributed by atoms with Crippen molar-refractivity contribution in [2.24, 2.45) is 0 Å². The number of aromatic hydroxyl groups is 1. The van der Waals surface area contributed by atoms with Crippen LogP contribution in [0.3, 0.4) is 0 Å². The van der Waals surface area contributed by atoms with E-state index in [1.807, 2.05) is 26.0 Å². The second-order valence-electron chi connectivity index (χ2n) is 7.78. The molecule has 0 aliphatic carbocycles. The molecule has 3 N–H and O–H groups in total. The summed E-state index contributed by atoms with van der Waals surface area (Å²) in [4.78, 5) is 20.8. The highest BCUT2D eigenvalue weighted by atomic mass is 32.2. The van der Waals surface area contributed by atoms with Crippen LogP contribution in [-0.4, -0.2) is 43.0 Å². The average molecular weight is 460 g/mol. The summed E-state index contributed by atoms with van der Waals surface area (Å²) in [6, 6.07) is 8.50. The highest BCUT2D eigenvalue weighted by molar-refractivity contribution is 7.92. The van der Waals surface area contributed by atoms with Gasteiger partial charge in [0.05, 0.1) is 11.9 Å². The van der Waals surface area contributed by atoms with Gasteiger partial charge in [-0.1, -0.05) is 23.8 Å². The second kappa shape index (κ2) is 7.83. The predicted molar refractivity (Wildman–Crippen MR) is 118 cm³/mol. The maximum Gasteiger partial charge on any atom is 0.326 e. The Kier molecular flexibility index (Phi) is 5.29. The molecule has 1 fully saturated rings. The molecule has 0 atom stereocenters. The zero-order valence-electron chi connectivity index (χ0n) is 17.7. The zero-order valence-corrected chi connectivity index (χ0v) is 18.5. The van der Waals surface area contributed by atoms with Crippen LogP contribution in [0.2, 0.25) is 0 Å². The topological polar surface area (TPSA) is 119 Å². The van der Waals surface area contributed by atoms with Crippen molar-refractivity contribution >= 4 is 27.8 Å². The van der Waals surface area contributed by atoms with E-state index in [0.29, 0.717) is 15.8 Å². The van der Waals surface area contributed by atoms with E-state index in [4.69, 9.17) is 0 Å². The van der Waals surface area contributed by atoms with Crippen molar-refractivity contribution in [1.82, 2.24) is 14.7 Å². The molecule has 1 amide bonds. The molecule has 168 valence electrons. The number of phenols is 1. The van der Waals surface area contributed by atoms with E-state index in [9.17, 15) is 22.7 Å². The van der Waals surface area contributed by atoms with Crippen molar-refractivity contribution in [3.05, 3.63) is 59.0 Å². The quantitative estimate of drug-likeness (QED) is 0.539. The van der Waals surface area contributed by atoms with Crippen molar-refractivity contribution in [2.45, 2.75) is 20.4 Å². The summed E-state index contributed by atoms with van der Waals surface area (Å²) in [6.45, 7) is 3.63. The minimum absolute atomic E-state index is 0.189. The highest BCUT2D eigenvalue weighted by Gasteiger charge is 2.37. The SMILES string of the molecule is Cc1ccc(-c2cnc(N(C)Cc3cc(O)c(N4CC(=O)NS4(=O)=O)c(F)c3)[nH]2)c(C)c1. The van der Waals surface area contributed by atoms with Gasteiger partial charge in [0.1, 0.15) is 18.0 Å². The number of rotatable bonds is 5. The number of phenolic OH excluding ortho intramolecular Hbond substituents is 1. The Morgan fingerprint density at radius 1 is 1.25 bits per heavy atom. The van der Waals surface area contributed by atoms with E-state index in [1.54, 1.807) is 22.9 Å². The summed E-state index contributed by atoms with van der Waals surface area (Å²) in [5, 5.41) is 10.3. The molecule has 0 unspecified atom stereocenters. The van der Waals surface area contributed by atoms with Gasteiger partial charge in [-0.15, -0.1) is 0 Å². The van der Waals surface area contributed by atoms with Crippen molar-refractivity contribution in [3.8, 4) is 17.0 Å². The molecule has 1 aliphatic heterocycles. The van der Waals surface area contributed by atoms with E-state index < -0.39 is 39.9 Å². The van der Waals surface area contributed by atoms with Crippen LogP contribution in [-0.2, 0) is 21.5 Å². The number of amides is 1. The number of nitrogens with zero attached hydrogens (tertiary/aromatic N) is 3. The Morgan fingerprint density at radius 3 is 2.62 bits per heavy atom. The molecule has 32 heavy (non-hydrogen) atoms. The fraction of sp³-hybridized carbons (Fsp3) is 0.238. The number of hydrogen-bond donors (Lipinski definition) is 3. The molecule has 1 aliphatic rings. The van der Waals surface area contributed by atoms with Gasteiger partial charge in [-0.3, -0.25) is 4.79 Å². The third-order valence-electron chi connectivity index (χ3n) is 5.19. The molecule has 0 radical (unpaired) electrons. The number of carbonyl (C=O) groups is 1. The molecule has 1 aromatic heterocycles. The van der Waals surface area contributed by atoms with Crippen LogP contribution in [0.4, 0.5) is 16.0 Å². The van der Waals surface area contributed by atoms with E-state index in [-0.39, 0.29) is 6.54 Å². The number of aromatic amines is 1. The fourth-order valence-electron chi connectivity index (χ4n) is 3.73. The lowest BCUT2D eigenvalue weighted by molar-refractivity contribution is -0.117. The number of nitrogens with one attached hydrogen (secondary N) is 2. The number of halogens is 1. The van der Waals surface area contributed by atoms with Crippen LogP contribution < -0.4 is 13.9 Å². The number of benzene rings is 2. The molecule has 3 aromatic rings. The van der Waals surface area contributed by atoms with Gasteiger partial charge in [0, 0.05) is 19.2 Å². The molecule has 0 saturated carbocycles. The number of aromatic nitrogens is 2. The van der Waals surface area contributed by atoms with Crippen LogP contribution in [0.5, 0.6) is 5.75 Å². The van der Waals surface area contributed by atoms with Gasteiger partial charge in [0.25, 0.3) is 5.91 Å². The van der Waals surface area contributed by atoms with Gasteiger partial charge < -0.3 is 15.0 Å². The minimum Gasteiger partial charge on any atom is -0.506 e. The van der Waals surface area contributed by atoms with E-state index in [2.05, 4.69) is 16.0 Å². The lowest BCUT2D eigenvalue weighted by Crippen LogP contribution is -2.30. The first-order valence-electron chi connectivity index (χ1n) is 9.73. The van der Waals surface area contributed by atoms with Gasteiger partial charge in [-0.25, -0.2) is 18.4 Å². The first kappa shape index (κ1) is 21.6. The maximum atomic E-state index is 14.7. The number of carbonyl (C=O) groups excluding carboxylic acids is 1. The molecular weight excluding hydrogens is 437 g/mol. The monoisotopic (exact) mass is 459 g/mol. The van der Waals surface area contributed by atoms with Gasteiger partial charge in [0.2, 0.25) is 5.95 Å². The number of aryl methyl sites for hydroxylation is 2. The number of H-pyrrole nitrogens is 1. The summed E-state index contributed by atoms with van der Waals surface area (Å²) in [5.74, 6) is -1.79. The largest absolute Gasteiger partial charge is 0.506 e. The van der Waals surface area contributed by atoms with Gasteiger partial charge in [-0.2, -0.15) is 8.42 Å². The van der Waals surface area contributed by atoms with Crippen molar-refractivity contribution < 1.29 is 22.7 Å². The Labute approximate surface area is 184 Å². The fourth-order valence-corrected chi connectivity index (χ4v) is 4.90. The summed E-state index contributed by atoms with van der Waals surface area (Å²) < 4.78 is 41.0. The van der Waals surface area contributed by atoms with Gasteiger partial charge in [0.15, 0.2) is 5.82 Å². The first-order chi connectivity index (χ1) is 15.0. The third kappa shape index (κ3) is 3.98. The molecule has 2 aromatic carbocycles. The molecule has 11 heteroatoms. The summed E-state index contributed by atoms with van der Waals surface area (Å²) in [6.07, 6.45) is 1.72. The first-order valence-corrected chi connectivity index (χ1v) is 11.2. The number of anilines is 2. The molecule has 2 heterocycles. The average Bonchev–Trinajstić information content (AvgIpc) is 3.25. The Balaban J connectivity index is 1.56. The van der Waals surface area contributed by atoms with E-state index in [1.165, 1.54) is 6.07 Å². The van der Waals surface area contributed by atoms with Crippen molar-refractivity contribution in [1.29, 1.82) is 0 Å². The van der Waals surface area contributed by atoms with E-state index in [0.717, 1.165) is 28.5 Å². The Hall–Kier alpha value is -3.60. The maximum absolute atomic E-state index is 14.7. The van der Waals surface area contributed by atoms with Crippen LogP contribution in [0.1, 0.15) is 16.7 Å². The lowest BCUT2D eigenvalue weighted by atomic mass is 10.0. The lowest BCUT2D eigenvalue weighted by Gasteiger charge is -2.20. The number of hydrogen-bond acceptors (Lipinski definition) is 6. The minimum atomic E-state index is -4.23. The summed E-state index contributed by atoms with van der Waals surface area (Å²) in [7, 11) is -2.48. The molecule has 4 rings (SSSR count). The van der Waals surface area contributed by atoms with Crippen LogP contribution in [0.25, 0.3) is 11.3 Å². The standard InChI is InChI=1S/C21H22FN5O4S/c1-12-4-5-15(13(2)6-12)17-9-23-21(24-17)26(3)10-14-7-16(22)20(18(28)8-14)27-11-19(29)25-32(27,30)31/h4-9,28H,10-11H2,1-3H3,(H,23,24)(H,25,29).